The largest absolute Gasteiger partial charge is 0.378 e. The van der Waals surface area contributed by atoms with Gasteiger partial charge in [-0.2, -0.15) is 10.4 Å². The van der Waals surface area contributed by atoms with Crippen molar-refractivity contribution in [3.63, 3.8) is 0 Å². The van der Waals surface area contributed by atoms with Crippen LogP contribution in [0.3, 0.4) is 0 Å². The van der Waals surface area contributed by atoms with Crippen molar-refractivity contribution in [2.24, 2.45) is 0 Å². The Morgan fingerprint density at radius 2 is 2.04 bits per heavy atom. The van der Waals surface area contributed by atoms with E-state index in [-0.39, 0.29) is 27.9 Å². The van der Waals surface area contributed by atoms with Crippen molar-refractivity contribution in [2.75, 3.05) is 12.0 Å². The molecule has 0 spiro atoms. The molecule has 0 aliphatic carbocycles. The third-order valence-corrected chi connectivity index (χ3v) is 4.55. The maximum absolute atomic E-state index is 14.6. The number of H-pyrrole nitrogens is 1. The highest BCUT2D eigenvalue weighted by Gasteiger charge is 2.35. The fourth-order valence-corrected chi connectivity index (χ4v) is 3.44. The van der Waals surface area contributed by atoms with Gasteiger partial charge in [0.2, 0.25) is 0 Å². The SMILES string of the molecule is N#Cc1ccc([C@H]2c3n[nH]c(=O)c4cc(F)cc(c34)N[C@@H]2CF)c(F)c1. The maximum atomic E-state index is 14.6. The molecule has 1 aromatic heterocycles. The number of anilines is 1. The van der Waals surface area contributed by atoms with Gasteiger partial charge in [-0.25, -0.2) is 18.3 Å². The summed E-state index contributed by atoms with van der Waals surface area (Å²) in [4.78, 5) is 12.0. The molecule has 5 nitrogen and oxygen atoms in total. The van der Waals surface area contributed by atoms with Crippen LogP contribution in [0.1, 0.15) is 22.7 Å². The maximum Gasteiger partial charge on any atom is 0.272 e. The zero-order valence-corrected chi connectivity index (χ0v) is 13.2. The molecule has 26 heavy (non-hydrogen) atoms. The van der Waals surface area contributed by atoms with E-state index in [1.54, 1.807) is 0 Å². The normalized spacial score (nSPS) is 18.4. The molecule has 2 N–H and O–H groups in total. The molecule has 0 fully saturated rings. The van der Waals surface area contributed by atoms with Gasteiger partial charge >= 0.3 is 0 Å². The summed E-state index contributed by atoms with van der Waals surface area (Å²) in [6, 6.07) is 7.03. The molecule has 1 aliphatic rings. The molecule has 2 heterocycles. The molecule has 8 heteroatoms. The van der Waals surface area contributed by atoms with Crippen molar-refractivity contribution in [2.45, 2.75) is 12.0 Å². The van der Waals surface area contributed by atoms with Crippen molar-refractivity contribution in [3.05, 3.63) is 69.1 Å². The molecule has 0 unspecified atom stereocenters. The highest BCUT2D eigenvalue weighted by Crippen LogP contribution is 2.41. The van der Waals surface area contributed by atoms with Crippen LogP contribution in [0.15, 0.2) is 35.1 Å². The van der Waals surface area contributed by atoms with Gasteiger partial charge in [-0.15, -0.1) is 0 Å². The van der Waals surface area contributed by atoms with Crippen molar-refractivity contribution in [1.29, 1.82) is 5.26 Å². The quantitative estimate of drug-likeness (QED) is 0.740. The Balaban J connectivity index is 2.02. The van der Waals surface area contributed by atoms with Gasteiger partial charge in [0.15, 0.2) is 0 Å². The second kappa shape index (κ2) is 5.88. The van der Waals surface area contributed by atoms with Crippen molar-refractivity contribution < 1.29 is 13.2 Å². The van der Waals surface area contributed by atoms with Crippen molar-refractivity contribution in [3.8, 4) is 6.07 Å². The Hall–Kier alpha value is -3.34. The fraction of sp³-hybridized carbons (Fsp3) is 0.167. The summed E-state index contributed by atoms with van der Waals surface area (Å²) < 4.78 is 42.1. The Bertz CT molecular complexity index is 1140. The molecule has 3 aromatic rings. The lowest BCUT2D eigenvalue weighted by Gasteiger charge is -2.32. The predicted octanol–water partition coefficient (Wildman–Crippen LogP) is 2.97. The number of halogens is 3. The number of aromatic nitrogens is 2. The zero-order chi connectivity index (χ0) is 18.4. The second-order valence-electron chi connectivity index (χ2n) is 6.04. The summed E-state index contributed by atoms with van der Waals surface area (Å²) >= 11 is 0. The molecule has 130 valence electrons. The Labute approximate surface area is 145 Å². The first-order valence-corrected chi connectivity index (χ1v) is 7.77. The van der Waals surface area contributed by atoms with E-state index < -0.39 is 35.8 Å². The number of nitriles is 1. The first-order valence-electron chi connectivity index (χ1n) is 7.77. The average Bonchev–Trinajstić information content (AvgIpc) is 2.63. The summed E-state index contributed by atoms with van der Waals surface area (Å²) in [6.07, 6.45) is 0. The molecule has 0 saturated carbocycles. The standard InChI is InChI=1S/C18H11F3N4O/c19-6-14-15(10-2-1-8(7-22)3-12(10)21)17-16-11(18(26)25-24-17)4-9(20)5-13(16)23-14/h1-5,14-15,23H,6H2,(H,25,26)/t14-,15-/m1/s1. The van der Waals surface area contributed by atoms with Crippen LogP contribution in [-0.4, -0.2) is 22.9 Å². The van der Waals surface area contributed by atoms with Gasteiger partial charge in [0, 0.05) is 11.1 Å². The molecule has 4 rings (SSSR count). The van der Waals surface area contributed by atoms with Crippen LogP contribution in [0, 0.1) is 23.0 Å². The van der Waals surface area contributed by atoms with E-state index in [0.29, 0.717) is 5.39 Å². The molecule has 1 aliphatic heterocycles. The van der Waals surface area contributed by atoms with Gasteiger partial charge in [-0.1, -0.05) is 6.07 Å². The van der Waals surface area contributed by atoms with Gasteiger partial charge < -0.3 is 5.32 Å². The van der Waals surface area contributed by atoms with Crippen molar-refractivity contribution in [1.82, 2.24) is 10.2 Å². The van der Waals surface area contributed by atoms with Gasteiger partial charge in [0.25, 0.3) is 5.56 Å². The van der Waals surface area contributed by atoms with E-state index in [2.05, 4.69) is 15.5 Å². The van der Waals surface area contributed by atoms with Gasteiger partial charge in [0.1, 0.15) is 18.3 Å². The van der Waals surface area contributed by atoms with Crippen LogP contribution in [0.5, 0.6) is 0 Å². The van der Waals surface area contributed by atoms with Crippen LogP contribution in [0.4, 0.5) is 18.9 Å². The molecule has 2 atom stereocenters. The number of alkyl halides is 1. The number of hydrogen-bond acceptors (Lipinski definition) is 4. The van der Waals surface area contributed by atoms with E-state index in [1.807, 2.05) is 6.07 Å². The Kier molecular flexibility index (Phi) is 3.65. The minimum absolute atomic E-state index is 0.0499. The van der Waals surface area contributed by atoms with E-state index in [9.17, 15) is 18.0 Å². The van der Waals surface area contributed by atoms with Crippen LogP contribution >= 0.6 is 0 Å². The Morgan fingerprint density at radius 1 is 1.23 bits per heavy atom. The van der Waals surface area contributed by atoms with E-state index in [0.717, 1.165) is 18.2 Å². The first kappa shape index (κ1) is 16.1. The molecular formula is C18H11F3N4O. The summed E-state index contributed by atoms with van der Waals surface area (Å²) in [7, 11) is 0. The second-order valence-corrected chi connectivity index (χ2v) is 6.04. The third-order valence-electron chi connectivity index (χ3n) is 4.55. The molecule has 0 radical (unpaired) electrons. The summed E-state index contributed by atoms with van der Waals surface area (Å²) in [5, 5.41) is 18.4. The minimum Gasteiger partial charge on any atom is -0.378 e. The number of hydrogen-bond donors (Lipinski definition) is 2. The number of nitrogens with one attached hydrogen (secondary N) is 2. The highest BCUT2D eigenvalue weighted by molar-refractivity contribution is 5.97. The lowest BCUT2D eigenvalue weighted by Crippen LogP contribution is -2.36. The molecule has 2 aromatic carbocycles. The monoisotopic (exact) mass is 356 g/mol. The van der Waals surface area contributed by atoms with Gasteiger partial charge in [-0.3, -0.25) is 4.79 Å². The number of rotatable bonds is 2. The topological polar surface area (TPSA) is 81.6 Å². The van der Waals surface area contributed by atoms with Gasteiger partial charge in [0.05, 0.1) is 34.7 Å². The summed E-state index contributed by atoms with van der Waals surface area (Å²) in [6.45, 7) is -0.873. The number of benzene rings is 2. The lowest BCUT2D eigenvalue weighted by atomic mass is 9.83. The van der Waals surface area contributed by atoms with E-state index in [4.69, 9.17) is 5.26 Å². The summed E-state index contributed by atoms with van der Waals surface area (Å²) in [5.74, 6) is -2.19. The molecule has 0 amide bonds. The van der Waals surface area contributed by atoms with Crippen LogP contribution < -0.4 is 10.9 Å². The highest BCUT2D eigenvalue weighted by atomic mass is 19.1. The van der Waals surface area contributed by atoms with E-state index in [1.165, 1.54) is 12.1 Å². The number of nitrogens with zero attached hydrogens (tertiary/aromatic N) is 2. The van der Waals surface area contributed by atoms with Crippen LogP contribution in [-0.2, 0) is 0 Å². The average molecular weight is 356 g/mol. The zero-order valence-electron chi connectivity index (χ0n) is 13.2. The fourth-order valence-electron chi connectivity index (χ4n) is 3.44. The van der Waals surface area contributed by atoms with Gasteiger partial charge in [-0.05, 0) is 29.8 Å². The first-order chi connectivity index (χ1) is 12.5. The number of aromatic amines is 1. The van der Waals surface area contributed by atoms with Crippen LogP contribution in [0.2, 0.25) is 0 Å². The van der Waals surface area contributed by atoms with Crippen molar-refractivity contribution >= 4 is 16.5 Å². The molecular weight excluding hydrogens is 345 g/mol. The lowest BCUT2D eigenvalue weighted by molar-refractivity contribution is 0.412. The van der Waals surface area contributed by atoms with Crippen LogP contribution in [0.25, 0.3) is 10.8 Å². The molecule has 0 saturated heterocycles. The minimum atomic E-state index is -0.909. The Morgan fingerprint density at radius 3 is 2.73 bits per heavy atom. The third kappa shape index (κ3) is 2.32. The summed E-state index contributed by atoms with van der Waals surface area (Å²) in [5.41, 5.74) is 0.161. The van der Waals surface area contributed by atoms with E-state index >= 15 is 0 Å². The smallest absolute Gasteiger partial charge is 0.272 e. The molecule has 0 bridgehead atoms. The predicted molar refractivity (Wildman–Crippen MR) is 88.7 cm³/mol.